The molecular weight excluding hydrogens is 410 g/mol. The molecule has 1 N–H and O–H groups in total. The van der Waals surface area contributed by atoms with Gasteiger partial charge in [-0.15, -0.1) is 0 Å². The molecule has 4 aromatic rings. The van der Waals surface area contributed by atoms with Gasteiger partial charge < -0.3 is 10.2 Å². The highest BCUT2D eigenvalue weighted by Crippen LogP contribution is 2.27. The Kier molecular flexibility index (Phi) is 5.82. The van der Waals surface area contributed by atoms with Crippen molar-refractivity contribution in [2.75, 3.05) is 18.0 Å². The van der Waals surface area contributed by atoms with Crippen LogP contribution in [0.25, 0.3) is 16.9 Å². The number of rotatable bonds is 5. The number of aryl methyl sites for hydroxylation is 2. The Morgan fingerprint density at radius 2 is 1.73 bits per heavy atom. The minimum absolute atomic E-state index is 0.0428. The second kappa shape index (κ2) is 9.06. The van der Waals surface area contributed by atoms with E-state index in [0.717, 1.165) is 54.3 Å². The Morgan fingerprint density at radius 1 is 1.00 bits per heavy atom. The fourth-order valence-corrected chi connectivity index (χ4v) is 4.56. The number of amides is 1. The zero-order chi connectivity index (χ0) is 22.8. The second-order valence-electron chi connectivity index (χ2n) is 8.83. The van der Waals surface area contributed by atoms with Gasteiger partial charge in [0.25, 0.3) is 0 Å². The van der Waals surface area contributed by atoms with Crippen LogP contribution in [-0.4, -0.2) is 33.6 Å². The van der Waals surface area contributed by atoms with Gasteiger partial charge in [-0.05, 0) is 37.8 Å². The SMILES string of the molecule is Cc1cc(N2CCC(C(=O)NCc3ccccc3C)CC2)n2nc(-c3ccccc3)cc2n1. The normalized spacial score (nSPS) is 14.5. The van der Waals surface area contributed by atoms with E-state index >= 15 is 0 Å². The summed E-state index contributed by atoms with van der Waals surface area (Å²) in [5.74, 6) is 1.24. The molecule has 0 unspecified atom stereocenters. The Hall–Kier alpha value is -3.67. The van der Waals surface area contributed by atoms with E-state index in [9.17, 15) is 4.79 Å². The first-order chi connectivity index (χ1) is 16.1. The van der Waals surface area contributed by atoms with Gasteiger partial charge in [0.05, 0.1) is 5.69 Å². The lowest BCUT2D eigenvalue weighted by atomic mass is 9.95. The highest BCUT2D eigenvalue weighted by atomic mass is 16.1. The van der Waals surface area contributed by atoms with Crippen LogP contribution in [0.1, 0.15) is 29.7 Å². The lowest BCUT2D eigenvalue weighted by Gasteiger charge is -2.33. The topological polar surface area (TPSA) is 62.5 Å². The fraction of sp³-hybridized carbons (Fsp3) is 0.296. The maximum atomic E-state index is 12.8. The molecule has 2 aromatic heterocycles. The Labute approximate surface area is 194 Å². The summed E-state index contributed by atoms with van der Waals surface area (Å²) in [6.07, 6.45) is 1.66. The number of carbonyl (C=O) groups excluding carboxylic acids is 1. The molecule has 6 nitrogen and oxygen atoms in total. The molecule has 1 fully saturated rings. The third-order valence-corrected chi connectivity index (χ3v) is 6.51. The van der Waals surface area contributed by atoms with Crippen molar-refractivity contribution in [1.29, 1.82) is 0 Å². The average Bonchev–Trinajstić information content (AvgIpc) is 3.27. The lowest BCUT2D eigenvalue weighted by molar-refractivity contribution is -0.125. The number of hydrogen-bond donors (Lipinski definition) is 1. The van der Waals surface area contributed by atoms with Gasteiger partial charge in [0.2, 0.25) is 5.91 Å². The molecule has 1 aliphatic heterocycles. The highest BCUT2D eigenvalue weighted by molar-refractivity contribution is 5.79. The van der Waals surface area contributed by atoms with Gasteiger partial charge in [-0.25, -0.2) is 4.98 Å². The van der Waals surface area contributed by atoms with Crippen molar-refractivity contribution in [3.63, 3.8) is 0 Å². The van der Waals surface area contributed by atoms with Gasteiger partial charge in [-0.1, -0.05) is 54.6 Å². The maximum Gasteiger partial charge on any atom is 0.223 e. The molecule has 1 amide bonds. The average molecular weight is 440 g/mol. The second-order valence-corrected chi connectivity index (χ2v) is 8.83. The summed E-state index contributed by atoms with van der Waals surface area (Å²) in [5, 5.41) is 8.00. The predicted octanol–water partition coefficient (Wildman–Crippen LogP) is 4.55. The summed E-state index contributed by atoms with van der Waals surface area (Å²) in [4.78, 5) is 19.8. The van der Waals surface area contributed by atoms with E-state index in [2.05, 4.69) is 47.5 Å². The van der Waals surface area contributed by atoms with Gasteiger partial charge in [0.1, 0.15) is 5.82 Å². The zero-order valence-electron chi connectivity index (χ0n) is 19.2. The molecule has 6 heteroatoms. The zero-order valence-corrected chi connectivity index (χ0v) is 19.2. The van der Waals surface area contributed by atoms with Crippen LogP contribution in [0.2, 0.25) is 0 Å². The lowest BCUT2D eigenvalue weighted by Crippen LogP contribution is -2.41. The number of fused-ring (bicyclic) bond motifs is 1. The molecule has 1 saturated heterocycles. The van der Waals surface area contributed by atoms with Gasteiger partial charge in [-0.2, -0.15) is 9.61 Å². The number of aromatic nitrogens is 3. The first-order valence-corrected chi connectivity index (χ1v) is 11.6. The van der Waals surface area contributed by atoms with Crippen LogP contribution >= 0.6 is 0 Å². The van der Waals surface area contributed by atoms with Gasteiger partial charge >= 0.3 is 0 Å². The smallest absolute Gasteiger partial charge is 0.223 e. The van der Waals surface area contributed by atoms with Crippen LogP contribution in [-0.2, 0) is 11.3 Å². The summed E-state index contributed by atoms with van der Waals surface area (Å²) in [6, 6.07) is 22.5. The summed E-state index contributed by atoms with van der Waals surface area (Å²) in [6.45, 7) is 6.33. The molecule has 168 valence electrons. The van der Waals surface area contributed by atoms with Crippen LogP contribution in [0.4, 0.5) is 5.82 Å². The van der Waals surface area contributed by atoms with Crippen molar-refractivity contribution in [2.24, 2.45) is 5.92 Å². The van der Waals surface area contributed by atoms with E-state index < -0.39 is 0 Å². The summed E-state index contributed by atoms with van der Waals surface area (Å²) in [7, 11) is 0. The molecule has 33 heavy (non-hydrogen) atoms. The van der Waals surface area contributed by atoms with Crippen molar-refractivity contribution in [2.45, 2.75) is 33.2 Å². The van der Waals surface area contributed by atoms with E-state index in [-0.39, 0.29) is 11.8 Å². The molecule has 0 spiro atoms. The number of carbonyl (C=O) groups is 1. The molecule has 2 aromatic carbocycles. The van der Waals surface area contributed by atoms with Crippen LogP contribution in [0, 0.1) is 19.8 Å². The maximum absolute atomic E-state index is 12.8. The number of benzene rings is 2. The molecule has 5 rings (SSSR count). The van der Waals surface area contributed by atoms with Crippen molar-refractivity contribution >= 4 is 17.4 Å². The molecule has 1 aliphatic rings. The molecule has 0 atom stereocenters. The van der Waals surface area contributed by atoms with Crippen LogP contribution in [0.15, 0.2) is 66.7 Å². The minimum atomic E-state index is 0.0428. The van der Waals surface area contributed by atoms with Crippen molar-refractivity contribution in [3.05, 3.63) is 83.6 Å². The van der Waals surface area contributed by atoms with Crippen LogP contribution < -0.4 is 10.2 Å². The van der Waals surface area contributed by atoms with Crippen molar-refractivity contribution in [1.82, 2.24) is 19.9 Å². The number of nitrogens with one attached hydrogen (secondary N) is 1. The summed E-state index contributed by atoms with van der Waals surface area (Å²) < 4.78 is 1.94. The highest BCUT2D eigenvalue weighted by Gasteiger charge is 2.26. The Balaban J connectivity index is 1.28. The van der Waals surface area contributed by atoms with Crippen molar-refractivity contribution < 1.29 is 4.79 Å². The molecule has 0 saturated carbocycles. The van der Waals surface area contributed by atoms with Gasteiger partial charge in [0.15, 0.2) is 5.65 Å². The Bertz CT molecular complexity index is 1270. The fourth-order valence-electron chi connectivity index (χ4n) is 4.56. The quantitative estimate of drug-likeness (QED) is 0.496. The van der Waals surface area contributed by atoms with Crippen molar-refractivity contribution in [3.8, 4) is 11.3 Å². The van der Waals surface area contributed by atoms with E-state index in [1.807, 2.05) is 47.8 Å². The molecular formula is C27H29N5O. The molecule has 0 radical (unpaired) electrons. The molecule has 0 bridgehead atoms. The van der Waals surface area contributed by atoms with E-state index in [4.69, 9.17) is 10.1 Å². The van der Waals surface area contributed by atoms with Gasteiger partial charge in [-0.3, -0.25) is 4.79 Å². The Morgan fingerprint density at radius 3 is 2.48 bits per heavy atom. The van der Waals surface area contributed by atoms with Crippen LogP contribution in [0.5, 0.6) is 0 Å². The molecule has 0 aliphatic carbocycles. The minimum Gasteiger partial charge on any atom is -0.356 e. The first kappa shape index (κ1) is 21.2. The largest absolute Gasteiger partial charge is 0.356 e. The summed E-state index contributed by atoms with van der Waals surface area (Å²) in [5.41, 5.74) is 6.19. The van der Waals surface area contributed by atoms with Crippen LogP contribution in [0.3, 0.4) is 0 Å². The third-order valence-electron chi connectivity index (χ3n) is 6.51. The monoisotopic (exact) mass is 439 g/mol. The number of hydrogen-bond acceptors (Lipinski definition) is 4. The number of anilines is 1. The standard InChI is InChI=1S/C27H29N5O/c1-19-8-6-7-11-23(19)18-28-27(33)22-12-14-31(15-13-22)26-16-20(2)29-25-17-24(30-32(25)26)21-9-4-3-5-10-21/h3-11,16-17,22H,12-15,18H2,1-2H3,(H,28,33). The summed E-state index contributed by atoms with van der Waals surface area (Å²) >= 11 is 0. The molecule has 3 heterocycles. The van der Waals surface area contributed by atoms with E-state index in [0.29, 0.717) is 6.54 Å². The van der Waals surface area contributed by atoms with E-state index in [1.165, 1.54) is 11.1 Å². The van der Waals surface area contributed by atoms with E-state index in [1.54, 1.807) is 0 Å². The predicted molar refractivity (Wildman–Crippen MR) is 131 cm³/mol. The van der Waals surface area contributed by atoms with Gasteiger partial charge in [0, 0.05) is 48.9 Å². The third kappa shape index (κ3) is 4.46. The number of nitrogens with zero attached hydrogens (tertiary/aromatic N) is 4. The number of piperidine rings is 1. The first-order valence-electron chi connectivity index (χ1n) is 11.6.